The summed E-state index contributed by atoms with van der Waals surface area (Å²) in [5, 5.41) is 0. The van der Waals surface area contributed by atoms with Crippen LogP contribution >= 0.6 is 0 Å². The molecule has 1 aromatic rings. The number of anilines is 1. The van der Waals surface area contributed by atoms with Gasteiger partial charge < -0.3 is 10.5 Å². The Morgan fingerprint density at radius 2 is 2.47 bits per heavy atom. The number of nitrogens with zero attached hydrogens (tertiary/aromatic N) is 3. The number of nitrogens with two attached hydrogens (primary N) is 1. The molecule has 2 heterocycles. The van der Waals surface area contributed by atoms with Gasteiger partial charge in [-0.3, -0.25) is 9.69 Å². The molecule has 6 heteroatoms. The van der Waals surface area contributed by atoms with Crippen LogP contribution in [0.5, 0.6) is 5.88 Å². The molecule has 0 saturated carbocycles. The van der Waals surface area contributed by atoms with Crippen molar-refractivity contribution in [3.8, 4) is 5.88 Å². The molecule has 0 radical (unpaired) electrons. The van der Waals surface area contributed by atoms with Crippen molar-refractivity contribution in [2.45, 2.75) is 12.5 Å². The number of carbonyl (C=O) groups excluding carboxylic acids is 1. The van der Waals surface area contributed by atoms with E-state index in [1.807, 2.05) is 0 Å². The summed E-state index contributed by atoms with van der Waals surface area (Å²) in [6.45, 7) is 0.464. The second-order valence-electron chi connectivity index (χ2n) is 3.37. The van der Waals surface area contributed by atoms with Gasteiger partial charge in [0.15, 0.2) is 0 Å². The number of hydrogen-bond donors (Lipinski definition) is 1. The van der Waals surface area contributed by atoms with Crippen LogP contribution in [0.4, 0.5) is 5.95 Å². The van der Waals surface area contributed by atoms with Gasteiger partial charge in [0.05, 0.1) is 7.11 Å². The third kappa shape index (κ3) is 1.89. The SMILES string of the molecule is COc1ccnc(N2CC(N)CC2=O)n1. The predicted octanol–water partition coefficient (Wildman–Crippen LogP) is -0.451. The Balaban J connectivity index is 2.25. The molecule has 2 rings (SSSR count). The smallest absolute Gasteiger partial charge is 0.235 e. The zero-order valence-corrected chi connectivity index (χ0v) is 8.38. The highest BCUT2D eigenvalue weighted by Gasteiger charge is 2.29. The van der Waals surface area contributed by atoms with Gasteiger partial charge in [-0.25, -0.2) is 4.98 Å². The van der Waals surface area contributed by atoms with Crippen LogP contribution in [0, 0.1) is 0 Å². The standard InChI is InChI=1S/C9H12N4O2/c1-15-7-2-3-11-9(12-7)13-5-6(10)4-8(13)14/h2-3,6H,4-5,10H2,1H3. The largest absolute Gasteiger partial charge is 0.481 e. The van der Waals surface area contributed by atoms with Gasteiger partial charge >= 0.3 is 0 Å². The highest BCUT2D eigenvalue weighted by atomic mass is 16.5. The molecule has 1 saturated heterocycles. The van der Waals surface area contributed by atoms with E-state index in [0.717, 1.165) is 0 Å². The summed E-state index contributed by atoms with van der Waals surface area (Å²) in [5.41, 5.74) is 5.67. The minimum atomic E-state index is -0.132. The van der Waals surface area contributed by atoms with Crippen molar-refractivity contribution in [3.63, 3.8) is 0 Å². The maximum Gasteiger partial charge on any atom is 0.235 e. The zero-order chi connectivity index (χ0) is 10.8. The molecular weight excluding hydrogens is 196 g/mol. The number of ether oxygens (including phenoxy) is 1. The van der Waals surface area contributed by atoms with Crippen molar-refractivity contribution >= 4 is 11.9 Å². The lowest BCUT2D eigenvalue weighted by Crippen LogP contribution is -2.29. The highest BCUT2D eigenvalue weighted by Crippen LogP contribution is 2.18. The minimum Gasteiger partial charge on any atom is -0.481 e. The Kier molecular flexibility index (Phi) is 2.51. The number of amides is 1. The first-order chi connectivity index (χ1) is 7.20. The monoisotopic (exact) mass is 208 g/mol. The van der Waals surface area contributed by atoms with Crippen molar-refractivity contribution in [1.82, 2.24) is 9.97 Å². The van der Waals surface area contributed by atoms with Crippen molar-refractivity contribution in [2.24, 2.45) is 5.73 Å². The zero-order valence-electron chi connectivity index (χ0n) is 8.38. The molecule has 15 heavy (non-hydrogen) atoms. The van der Waals surface area contributed by atoms with Crippen LogP contribution in [-0.4, -0.2) is 35.6 Å². The molecule has 80 valence electrons. The molecule has 1 fully saturated rings. The predicted molar refractivity (Wildman–Crippen MR) is 53.5 cm³/mol. The Labute approximate surface area is 87.1 Å². The molecule has 1 amide bonds. The van der Waals surface area contributed by atoms with Crippen molar-refractivity contribution in [3.05, 3.63) is 12.3 Å². The molecule has 0 aromatic carbocycles. The number of aromatic nitrogens is 2. The first-order valence-electron chi connectivity index (χ1n) is 4.63. The van der Waals surface area contributed by atoms with E-state index in [2.05, 4.69) is 9.97 Å². The van der Waals surface area contributed by atoms with E-state index >= 15 is 0 Å². The highest BCUT2D eigenvalue weighted by molar-refractivity contribution is 5.94. The third-order valence-electron chi connectivity index (χ3n) is 2.22. The summed E-state index contributed by atoms with van der Waals surface area (Å²) < 4.78 is 4.96. The molecule has 1 aliphatic rings. The molecule has 1 aromatic heterocycles. The van der Waals surface area contributed by atoms with E-state index in [9.17, 15) is 4.79 Å². The van der Waals surface area contributed by atoms with Crippen LogP contribution in [0.2, 0.25) is 0 Å². The van der Waals surface area contributed by atoms with Gasteiger partial charge in [-0.05, 0) is 0 Å². The second kappa shape index (κ2) is 3.82. The fourth-order valence-corrected chi connectivity index (χ4v) is 1.50. The summed E-state index contributed by atoms with van der Waals surface area (Å²) in [5.74, 6) is 0.747. The fourth-order valence-electron chi connectivity index (χ4n) is 1.50. The molecule has 2 N–H and O–H groups in total. The third-order valence-corrected chi connectivity index (χ3v) is 2.22. The van der Waals surface area contributed by atoms with E-state index in [1.165, 1.54) is 12.0 Å². The molecular formula is C9H12N4O2. The number of methoxy groups -OCH3 is 1. The van der Waals surface area contributed by atoms with Gasteiger partial charge in [0.25, 0.3) is 0 Å². The first kappa shape index (κ1) is 9.85. The minimum absolute atomic E-state index is 0.0456. The first-order valence-corrected chi connectivity index (χ1v) is 4.63. The number of rotatable bonds is 2. The average Bonchev–Trinajstić information content (AvgIpc) is 2.58. The number of hydrogen-bond acceptors (Lipinski definition) is 5. The van der Waals surface area contributed by atoms with E-state index in [0.29, 0.717) is 24.8 Å². The van der Waals surface area contributed by atoms with Gasteiger partial charge in [0.1, 0.15) is 0 Å². The summed E-state index contributed by atoms with van der Waals surface area (Å²) >= 11 is 0. The summed E-state index contributed by atoms with van der Waals surface area (Å²) in [6, 6.07) is 1.50. The molecule has 0 spiro atoms. The van der Waals surface area contributed by atoms with Crippen molar-refractivity contribution in [1.29, 1.82) is 0 Å². The Hall–Kier alpha value is -1.69. The quantitative estimate of drug-likeness (QED) is 0.711. The molecule has 1 unspecified atom stereocenters. The summed E-state index contributed by atoms with van der Waals surface area (Å²) in [7, 11) is 1.52. The maximum absolute atomic E-state index is 11.5. The van der Waals surface area contributed by atoms with Gasteiger partial charge in [0, 0.05) is 31.3 Å². The van der Waals surface area contributed by atoms with Gasteiger partial charge in [-0.15, -0.1) is 0 Å². The summed E-state index contributed by atoms with van der Waals surface area (Å²) in [4.78, 5) is 21.1. The van der Waals surface area contributed by atoms with Gasteiger partial charge in [0.2, 0.25) is 17.7 Å². The van der Waals surface area contributed by atoms with E-state index < -0.39 is 0 Å². The number of carbonyl (C=O) groups is 1. The van der Waals surface area contributed by atoms with Crippen LogP contribution in [0.15, 0.2) is 12.3 Å². The fraction of sp³-hybridized carbons (Fsp3) is 0.444. The van der Waals surface area contributed by atoms with E-state index in [-0.39, 0.29) is 11.9 Å². The topological polar surface area (TPSA) is 81.3 Å². The van der Waals surface area contributed by atoms with Crippen LogP contribution in [-0.2, 0) is 4.79 Å². The molecule has 6 nitrogen and oxygen atoms in total. The lowest BCUT2D eigenvalue weighted by atomic mass is 10.3. The normalized spacial score (nSPS) is 20.8. The van der Waals surface area contributed by atoms with Crippen molar-refractivity contribution in [2.75, 3.05) is 18.6 Å². The van der Waals surface area contributed by atoms with Crippen LogP contribution in [0.3, 0.4) is 0 Å². The Bertz CT molecular complexity index is 382. The van der Waals surface area contributed by atoms with Crippen LogP contribution < -0.4 is 15.4 Å². The van der Waals surface area contributed by atoms with E-state index in [4.69, 9.17) is 10.5 Å². The van der Waals surface area contributed by atoms with Gasteiger partial charge in [-0.1, -0.05) is 0 Å². The van der Waals surface area contributed by atoms with Crippen LogP contribution in [0.1, 0.15) is 6.42 Å². The summed E-state index contributed by atoms with van der Waals surface area (Å²) in [6.07, 6.45) is 1.90. The average molecular weight is 208 g/mol. The molecule has 0 aliphatic carbocycles. The maximum atomic E-state index is 11.5. The van der Waals surface area contributed by atoms with Crippen molar-refractivity contribution < 1.29 is 9.53 Å². The molecule has 1 atom stereocenters. The molecule has 0 bridgehead atoms. The second-order valence-corrected chi connectivity index (χ2v) is 3.37. The molecule has 1 aliphatic heterocycles. The van der Waals surface area contributed by atoms with Crippen LogP contribution in [0.25, 0.3) is 0 Å². The Morgan fingerprint density at radius 3 is 3.07 bits per heavy atom. The van der Waals surface area contributed by atoms with Gasteiger partial charge in [-0.2, -0.15) is 4.98 Å². The lowest BCUT2D eigenvalue weighted by molar-refractivity contribution is -0.117. The van der Waals surface area contributed by atoms with E-state index in [1.54, 1.807) is 12.3 Å². The lowest BCUT2D eigenvalue weighted by Gasteiger charge is -2.13. The Morgan fingerprint density at radius 1 is 1.67 bits per heavy atom.